The van der Waals surface area contributed by atoms with Gasteiger partial charge in [0, 0.05) is 5.69 Å². The van der Waals surface area contributed by atoms with Gasteiger partial charge in [0.15, 0.2) is 5.56 Å². The molecule has 0 aliphatic carbocycles. The molecule has 0 saturated heterocycles. The molecular formula is C57H58N2O12. The summed E-state index contributed by atoms with van der Waals surface area (Å²) in [4.78, 5) is 41.7. The van der Waals surface area contributed by atoms with E-state index < -0.39 is 51.7 Å². The second-order valence-electron chi connectivity index (χ2n) is 16.6. The van der Waals surface area contributed by atoms with E-state index in [0.29, 0.717) is 32.0 Å². The molecule has 0 aliphatic rings. The molecule has 1 aromatic heterocycles. The van der Waals surface area contributed by atoms with Crippen LogP contribution in [0, 0.1) is 17.0 Å². The molecule has 7 rings (SSSR count). The lowest BCUT2D eigenvalue weighted by Gasteiger charge is -2.28. The number of ether oxygens (including phenoxy) is 8. The van der Waals surface area contributed by atoms with E-state index in [4.69, 9.17) is 37.9 Å². The molecule has 368 valence electrons. The molecule has 14 nitrogen and oxygen atoms in total. The highest BCUT2D eigenvalue weighted by atomic mass is 16.6. The molecule has 0 radical (unpaired) electrons. The first kappa shape index (κ1) is 51.5. The Bertz CT molecular complexity index is 2540. The number of carbonyl (C=O) groups is 1. The van der Waals surface area contributed by atoms with Crippen LogP contribution in [0.1, 0.15) is 49.9 Å². The van der Waals surface area contributed by atoms with Crippen LogP contribution in [-0.2, 0) is 61.5 Å². The maximum absolute atomic E-state index is 15.1. The normalized spacial score (nSPS) is 11.3. The van der Waals surface area contributed by atoms with Gasteiger partial charge >= 0.3 is 17.2 Å². The number of benzene rings is 6. The monoisotopic (exact) mass is 962 g/mol. The Morgan fingerprint density at radius 2 is 0.845 bits per heavy atom. The molecule has 71 heavy (non-hydrogen) atoms. The van der Waals surface area contributed by atoms with Crippen molar-refractivity contribution in [2.45, 2.75) is 58.2 Å². The van der Waals surface area contributed by atoms with E-state index in [1.165, 1.54) is 11.5 Å². The van der Waals surface area contributed by atoms with Crippen LogP contribution in [0.3, 0.4) is 0 Å². The second kappa shape index (κ2) is 27.8. The highest BCUT2D eigenvalue weighted by Crippen LogP contribution is 2.33. The summed E-state index contributed by atoms with van der Waals surface area (Å²) >= 11 is 0. The van der Waals surface area contributed by atoms with Crippen LogP contribution >= 0.6 is 0 Å². The molecule has 6 aromatic carbocycles. The zero-order valence-corrected chi connectivity index (χ0v) is 39.6. The van der Waals surface area contributed by atoms with Crippen LogP contribution < -0.4 is 15.0 Å². The predicted molar refractivity (Wildman–Crippen MR) is 267 cm³/mol. The van der Waals surface area contributed by atoms with Gasteiger partial charge in [-0.25, -0.2) is 4.79 Å². The molecule has 0 amide bonds. The van der Waals surface area contributed by atoms with Crippen LogP contribution in [0.2, 0.25) is 0 Å². The molecule has 14 heteroatoms. The molecule has 0 fully saturated rings. The molecule has 7 aromatic rings. The van der Waals surface area contributed by atoms with Gasteiger partial charge in [0.05, 0.1) is 77.0 Å². The predicted octanol–water partition coefficient (Wildman–Crippen LogP) is 10.0. The fraction of sp³-hybridized carbons (Fsp3) is 0.263. The summed E-state index contributed by atoms with van der Waals surface area (Å²) in [5.74, 6) is -1.58. The smallest absolute Gasteiger partial charge is 0.352 e. The van der Waals surface area contributed by atoms with Crippen molar-refractivity contribution < 1.29 is 47.6 Å². The lowest BCUT2D eigenvalue weighted by molar-refractivity contribution is -0.386. The minimum absolute atomic E-state index is 0.0682. The lowest BCUT2D eigenvalue weighted by Crippen LogP contribution is -2.39. The third-order valence-electron chi connectivity index (χ3n) is 11.2. The van der Waals surface area contributed by atoms with Gasteiger partial charge in [-0.15, -0.1) is 0 Å². The van der Waals surface area contributed by atoms with E-state index >= 15 is 4.79 Å². The van der Waals surface area contributed by atoms with E-state index in [1.54, 1.807) is 54.6 Å². The van der Waals surface area contributed by atoms with Crippen LogP contribution in [0.5, 0.6) is 11.5 Å². The van der Waals surface area contributed by atoms with Crippen molar-refractivity contribution in [3.05, 3.63) is 242 Å². The van der Waals surface area contributed by atoms with Gasteiger partial charge in [-0.2, -0.15) is 0 Å². The Hall–Kier alpha value is -7.30. The fourth-order valence-electron chi connectivity index (χ4n) is 7.64. The SMILES string of the molecule is Cc1c(C(=O)Oc2ccccc2)c([N+](=O)[O-])c(OCc2ccccc2)c(=O)n1C(COC(COCc1ccccc1)COCc1ccccc1)COC(COCc1ccccc1)COCc1ccccc1. The molecule has 0 unspecified atom stereocenters. The number of para-hydroxylation sites is 1. The van der Waals surface area contributed by atoms with Crippen LogP contribution in [0.15, 0.2) is 187 Å². The van der Waals surface area contributed by atoms with Crippen LogP contribution in [-0.4, -0.2) is 67.3 Å². The number of hydrogen-bond acceptors (Lipinski definition) is 12. The molecule has 0 spiro atoms. The number of aromatic nitrogens is 1. The summed E-state index contributed by atoms with van der Waals surface area (Å²) < 4.78 is 51.1. The average molecular weight is 963 g/mol. The molecule has 1 heterocycles. The number of nitro groups is 1. The van der Waals surface area contributed by atoms with Crippen LogP contribution in [0.25, 0.3) is 0 Å². The fourth-order valence-corrected chi connectivity index (χ4v) is 7.64. The topological polar surface area (TPSA) is 156 Å². The largest absolute Gasteiger partial charge is 0.478 e. The Balaban J connectivity index is 1.25. The molecule has 0 bridgehead atoms. The number of carbonyl (C=O) groups excluding carboxylic acids is 1. The Labute approximate surface area is 413 Å². The molecule has 0 atom stereocenters. The Morgan fingerprint density at radius 3 is 1.20 bits per heavy atom. The number of nitrogens with zero attached hydrogens (tertiary/aromatic N) is 2. The number of hydrogen-bond donors (Lipinski definition) is 0. The minimum Gasteiger partial charge on any atom is -0.478 e. The number of pyridine rings is 1. The summed E-state index contributed by atoms with van der Waals surface area (Å²) in [6.07, 6.45) is -1.34. The maximum Gasteiger partial charge on any atom is 0.352 e. The first-order valence-corrected chi connectivity index (χ1v) is 23.4. The first-order valence-electron chi connectivity index (χ1n) is 23.4. The van der Waals surface area contributed by atoms with Crippen molar-refractivity contribution >= 4 is 11.7 Å². The Morgan fingerprint density at radius 1 is 0.507 bits per heavy atom. The zero-order chi connectivity index (χ0) is 49.5. The van der Waals surface area contributed by atoms with E-state index in [9.17, 15) is 14.9 Å². The third kappa shape index (κ3) is 16.1. The van der Waals surface area contributed by atoms with E-state index in [2.05, 4.69) is 0 Å². The molecule has 0 N–H and O–H groups in total. The van der Waals surface area contributed by atoms with E-state index in [0.717, 1.165) is 22.3 Å². The van der Waals surface area contributed by atoms with Crippen molar-refractivity contribution in [1.29, 1.82) is 0 Å². The van der Waals surface area contributed by atoms with Gasteiger partial charge in [0.1, 0.15) is 24.6 Å². The van der Waals surface area contributed by atoms with Gasteiger partial charge in [0.2, 0.25) is 0 Å². The summed E-state index contributed by atoms with van der Waals surface area (Å²) in [5.41, 5.74) is 2.22. The van der Waals surface area contributed by atoms with Gasteiger partial charge in [-0.05, 0) is 46.9 Å². The lowest BCUT2D eigenvalue weighted by atomic mass is 10.1. The highest BCUT2D eigenvalue weighted by molar-refractivity contribution is 5.97. The van der Waals surface area contributed by atoms with Crippen molar-refractivity contribution in [2.75, 3.05) is 39.6 Å². The molecule has 0 saturated carbocycles. The highest BCUT2D eigenvalue weighted by Gasteiger charge is 2.37. The third-order valence-corrected chi connectivity index (χ3v) is 11.2. The van der Waals surface area contributed by atoms with E-state index in [-0.39, 0.29) is 57.7 Å². The van der Waals surface area contributed by atoms with Gasteiger partial charge in [-0.3, -0.25) is 14.9 Å². The van der Waals surface area contributed by atoms with E-state index in [1.807, 2.05) is 127 Å². The van der Waals surface area contributed by atoms with Gasteiger partial charge in [0.25, 0.3) is 5.75 Å². The van der Waals surface area contributed by atoms with Crippen molar-refractivity contribution in [3.8, 4) is 11.5 Å². The second-order valence-corrected chi connectivity index (χ2v) is 16.6. The summed E-state index contributed by atoms with van der Waals surface area (Å²) in [5, 5.41) is 13.1. The van der Waals surface area contributed by atoms with Gasteiger partial charge < -0.3 is 42.5 Å². The Kier molecular flexibility index (Phi) is 20.2. The number of rotatable bonds is 29. The molecular weight excluding hydrogens is 905 g/mol. The first-order chi connectivity index (χ1) is 34.8. The van der Waals surface area contributed by atoms with Crippen molar-refractivity contribution in [1.82, 2.24) is 4.57 Å². The zero-order valence-electron chi connectivity index (χ0n) is 39.6. The van der Waals surface area contributed by atoms with Crippen molar-refractivity contribution in [2.24, 2.45) is 0 Å². The number of esters is 1. The molecule has 0 aliphatic heterocycles. The van der Waals surface area contributed by atoms with Crippen LogP contribution in [0.4, 0.5) is 5.69 Å². The standard InChI is InChI=1S/C57H58N2O12/c1-43-53(57(61)71-50-30-18-7-19-31-50)54(59(62)63)55(70-36-48-28-16-6-17-29-48)56(60)58(43)49(37-68-51(39-64-32-44-20-8-2-9-21-44)40-65-33-45-22-10-3-11-23-45)38-69-52(41-66-34-46-24-12-4-13-25-46)42-67-35-47-26-14-5-15-27-47/h2-31,49,51-52H,32-42H2,1H3. The minimum atomic E-state index is -1.07. The average Bonchev–Trinajstić information content (AvgIpc) is 3.40. The maximum atomic E-state index is 15.1. The summed E-state index contributed by atoms with van der Waals surface area (Å²) in [6.45, 7) is 2.45. The summed E-state index contributed by atoms with van der Waals surface area (Å²) in [6, 6.07) is 54.8. The summed E-state index contributed by atoms with van der Waals surface area (Å²) in [7, 11) is 0. The quantitative estimate of drug-likeness (QED) is 0.0190. The van der Waals surface area contributed by atoms with Gasteiger partial charge in [-0.1, -0.05) is 170 Å². The van der Waals surface area contributed by atoms with Crippen molar-refractivity contribution in [3.63, 3.8) is 0 Å².